The first-order chi connectivity index (χ1) is 8.60. The van der Waals surface area contributed by atoms with Crippen molar-refractivity contribution in [1.29, 1.82) is 0 Å². The number of hydrogen-bond acceptors (Lipinski definition) is 2. The zero-order valence-corrected chi connectivity index (χ0v) is 12.3. The van der Waals surface area contributed by atoms with E-state index in [-0.39, 0.29) is 16.5 Å². The Bertz CT molecular complexity index is 417. The predicted octanol–water partition coefficient (Wildman–Crippen LogP) is 2.96. The van der Waals surface area contributed by atoms with E-state index in [0.717, 1.165) is 6.07 Å². The summed E-state index contributed by atoms with van der Waals surface area (Å²) in [5, 5.41) is 0.661. The van der Waals surface area contributed by atoms with Crippen LogP contribution in [0.4, 0.5) is 4.39 Å². The van der Waals surface area contributed by atoms with Crippen LogP contribution >= 0.6 is 27.5 Å². The molecule has 0 N–H and O–H groups in total. The van der Waals surface area contributed by atoms with Crippen LogP contribution in [0.5, 0.6) is 0 Å². The maximum atomic E-state index is 13.3. The summed E-state index contributed by atoms with van der Waals surface area (Å²) in [6, 6.07) is 4.05. The third kappa shape index (κ3) is 4.23. The van der Waals surface area contributed by atoms with Crippen LogP contribution in [0.25, 0.3) is 0 Å². The molecular weight excluding hydrogens is 324 g/mol. The number of halogens is 3. The summed E-state index contributed by atoms with van der Waals surface area (Å²) in [7, 11) is 1.57. The third-order valence-electron chi connectivity index (χ3n) is 2.37. The second-order valence-corrected chi connectivity index (χ2v) is 4.80. The summed E-state index contributed by atoms with van der Waals surface area (Å²) in [6.07, 6.45) is 0. The van der Waals surface area contributed by atoms with Crippen LogP contribution in [0.15, 0.2) is 18.2 Å². The van der Waals surface area contributed by atoms with E-state index in [4.69, 9.17) is 16.3 Å². The Labute approximate surface area is 119 Å². The number of hydrogen-bond donors (Lipinski definition) is 0. The Balaban J connectivity index is 2.83. The summed E-state index contributed by atoms with van der Waals surface area (Å²) in [4.78, 5) is 13.7. The molecule has 0 saturated heterocycles. The number of nitrogens with zero attached hydrogens (tertiary/aromatic N) is 1. The fraction of sp³-hybridized carbons (Fsp3) is 0.417. The van der Waals surface area contributed by atoms with Crippen LogP contribution in [0.2, 0.25) is 5.02 Å². The molecule has 18 heavy (non-hydrogen) atoms. The lowest BCUT2D eigenvalue weighted by Gasteiger charge is -2.21. The highest BCUT2D eigenvalue weighted by Gasteiger charge is 2.16. The summed E-state index contributed by atoms with van der Waals surface area (Å²) in [5.41, 5.74) is 0.286. The average molecular weight is 339 g/mol. The molecular formula is C12H14BrClFNO2. The summed E-state index contributed by atoms with van der Waals surface area (Å²) in [5.74, 6) is -0.824. The SMILES string of the molecule is COCCN(CCBr)C(=O)c1ccc(Cl)c(F)c1. The number of amides is 1. The van der Waals surface area contributed by atoms with Crippen molar-refractivity contribution in [1.82, 2.24) is 4.90 Å². The van der Waals surface area contributed by atoms with E-state index in [2.05, 4.69) is 15.9 Å². The van der Waals surface area contributed by atoms with Gasteiger partial charge in [-0.3, -0.25) is 4.79 Å². The van der Waals surface area contributed by atoms with Gasteiger partial charge in [-0.1, -0.05) is 27.5 Å². The predicted molar refractivity (Wildman–Crippen MR) is 73.0 cm³/mol. The highest BCUT2D eigenvalue weighted by atomic mass is 79.9. The molecule has 1 amide bonds. The Kier molecular flexibility index (Phi) is 6.60. The van der Waals surface area contributed by atoms with Gasteiger partial charge in [0.05, 0.1) is 11.6 Å². The fourth-order valence-corrected chi connectivity index (χ4v) is 1.98. The third-order valence-corrected chi connectivity index (χ3v) is 3.03. The molecule has 1 aromatic carbocycles. The molecule has 0 aliphatic carbocycles. The minimum atomic E-state index is -0.590. The van der Waals surface area contributed by atoms with Crippen LogP contribution < -0.4 is 0 Å². The summed E-state index contributed by atoms with van der Waals surface area (Å²) < 4.78 is 18.2. The van der Waals surface area contributed by atoms with Crippen LogP contribution in [0.1, 0.15) is 10.4 Å². The zero-order chi connectivity index (χ0) is 13.5. The number of carbonyl (C=O) groups excluding carboxylic acids is 1. The van der Waals surface area contributed by atoms with Crippen LogP contribution in [-0.2, 0) is 4.74 Å². The minimum Gasteiger partial charge on any atom is -0.383 e. The van der Waals surface area contributed by atoms with Gasteiger partial charge in [-0.25, -0.2) is 4.39 Å². The lowest BCUT2D eigenvalue weighted by molar-refractivity contribution is 0.0708. The molecule has 100 valence electrons. The first-order valence-corrected chi connectivity index (χ1v) is 6.89. The smallest absolute Gasteiger partial charge is 0.254 e. The van der Waals surface area contributed by atoms with Gasteiger partial charge >= 0.3 is 0 Å². The molecule has 0 atom stereocenters. The van der Waals surface area contributed by atoms with Gasteiger partial charge in [0.2, 0.25) is 0 Å². The Morgan fingerprint density at radius 2 is 2.22 bits per heavy atom. The molecule has 0 aliphatic heterocycles. The van der Waals surface area contributed by atoms with Crippen molar-refractivity contribution in [3.63, 3.8) is 0 Å². The molecule has 0 heterocycles. The number of carbonyl (C=O) groups is 1. The molecule has 1 aromatic rings. The average Bonchev–Trinajstić information content (AvgIpc) is 2.37. The number of alkyl halides is 1. The molecule has 3 nitrogen and oxygen atoms in total. The second-order valence-electron chi connectivity index (χ2n) is 3.60. The Morgan fingerprint density at radius 3 is 2.78 bits per heavy atom. The molecule has 6 heteroatoms. The lowest BCUT2D eigenvalue weighted by Crippen LogP contribution is -2.35. The number of ether oxygens (including phenoxy) is 1. The van der Waals surface area contributed by atoms with E-state index >= 15 is 0 Å². The van der Waals surface area contributed by atoms with E-state index < -0.39 is 5.82 Å². The topological polar surface area (TPSA) is 29.5 Å². The van der Waals surface area contributed by atoms with Crippen molar-refractivity contribution >= 4 is 33.4 Å². The quantitative estimate of drug-likeness (QED) is 0.746. The fourth-order valence-electron chi connectivity index (χ4n) is 1.43. The Hall–Kier alpha value is -0.650. The summed E-state index contributed by atoms with van der Waals surface area (Å²) >= 11 is 8.86. The van der Waals surface area contributed by atoms with E-state index in [1.165, 1.54) is 12.1 Å². The maximum Gasteiger partial charge on any atom is 0.254 e. The van der Waals surface area contributed by atoms with Gasteiger partial charge in [-0.15, -0.1) is 0 Å². The van der Waals surface area contributed by atoms with Gasteiger partial charge in [0.15, 0.2) is 0 Å². The van der Waals surface area contributed by atoms with E-state index in [9.17, 15) is 9.18 Å². The van der Waals surface area contributed by atoms with Gasteiger partial charge in [-0.05, 0) is 18.2 Å². The van der Waals surface area contributed by atoms with Gasteiger partial charge < -0.3 is 9.64 Å². The molecule has 1 rings (SSSR count). The Morgan fingerprint density at radius 1 is 1.50 bits per heavy atom. The van der Waals surface area contributed by atoms with Crippen molar-refractivity contribution in [2.75, 3.05) is 32.1 Å². The van der Waals surface area contributed by atoms with E-state index in [0.29, 0.717) is 25.0 Å². The van der Waals surface area contributed by atoms with E-state index in [1.807, 2.05) is 0 Å². The van der Waals surface area contributed by atoms with Crippen molar-refractivity contribution < 1.29 is 13.9 Å². The van der Waals surface area contributed by atoms with Crippen molar-refractivity contribution in [3.05, 3.63) is 34.6 Å². The zero-order valence-electron chi connectivity index (χ0n) is 9.96. The molecule has 0 aliphatic rings. The van der Waals surface area contributed by atoms with E-state index in [1.54, 1.807) is 12.0 Å². The first kappa shape index (κ1) is 15.4. The van der Waals surface area contributed by atoms with Crippen LogP contribution in [-0.4, -0.2) is 42.9 Å². The van der Waals surface area contributed by atoms with Gasteiger partial charge in [0.1, 0.15) is 5.82 Å². The second kappa shape index (κ2) is 7.71. The van der Waals surface area contributed by atoms with Gasteiger partial charge in [0, 0.05) is 31.1 Å². The lowest BCUT2D eigenvalue weighted by atomic mass is 10.2. The van der Waals surface area contributed by atoms with Crippen LogP contribution in [0, 0.1) is 5.82 Å². The first-order valence-electron chi connectivity index (χ1n) is 5.39. The molecule has 0 bridgehead atoms. The molecule has 0 radical (unpaired) electrons. The van der Waals surface area contributed by atoms with Gasteiger partial charge in [-0.2, -0.15) is 0 Å². The van der Waals surface area contributed by atoms with Crippen molar-refractivity contribution in [3.8, 4) is 0 Å². The van der Waals surface area contributed by atoms with Crippen LogP contribution in [0.3, 0.4) is 0 Å². The minimum absolute atomic E-state index is 0.00971. The molecule has 0 aromatic heterocycles. The monoisotopic (exact) mass is 337 g/mol. The normalized spacial score (nSPS) is 10.4. The number of rotatable bonds is 6. The standard InChI is InChI=1S/C12H14BrClFNO2/c1-18-7-6-16(5-4-13)12(17)9-2-3-10(14)11(15)8-9/h2-3,8H,4-7H2,1H3. The molecule has 0 spiro atoms. The summed E-state index contributed by atoms with van der Waals surface area (Å²) in [6.45, 7) is 1.44. The molecule has 0 fully saturated rings. The maximum absolute atomic E-state index is 13.3. The number of benzene rings is 1. The number of methoxy groups -OCH3 is 1. The highest BCUT2D eigenvalue weighted by Crippen LogP contribution is 2.16. The highest BCUT2D eigenvalue weighted by molar-refractivity contribution is 9.09. The molecule has 0 saturated carbocycles. The van der Waals surface area contributed by atoms with Gasteiger partial charge in [0.25, 0.3) is 5.91 Å². The van der Waals surface area contributed by atoms with Crippen molar-refractivity contribution in [2.45, 2.75) is 0 Å². The van der Waals surface area contributed by atoms with Crippen molar-refractivity contribution in [2.24, 2.45) is 0 Å². The largest absolute Gasteiger partial charge is 0.383 e. The molecule has 0 unspecified atom stereocenters.